The molecular weight excluding hydrogens is 255 g/mol. The second kappa shape index (κ2) is 6.28. The van der Waals surface area contributed by atoms with Gasteiger partial charge in [-0.1, -0.05) is 12.1 Å². The van der Waals surface area contributed by atoms with Crippen LogP contribution in [-0.2, 0) is 6.42 Å². The summed E-state index contributed by atoms with van der Waals surface area (Å²) in [4.78, 5) is 16.2. The third-order valence-electron chi connectivity index (χ3n) is 3.31. The zero-order valence-corrected chi connectivity index (χ0v) is 11.6. The van der Waals surface area contributed by atoms with Gasteiger partial charge in [0, 0.05) is 24.0 Å². The SMILES string of the molecule is Cc1nccc(C(=O)NCCc2ccc(F)cc2)c1C. The van der Waals surface area contributed by atoms with Gasteiger partial charge in [-0.05, 0) is 49.6 Å². The molecule has 0 fully saturated rings. The van der Waals surface area contributed by atoms with E-state index in [1.165, 1.54) is 12.1 Å². The number of carbonyl (C=O) groups excluding carboxylic acids is 1. The van der Waals surface area contributed by atoms with E-state index in [2.05, 4.69) is 10.3 Å². The molecule has 0 atom stereocenters. The molecule has 0 aliphatic heterocycles. The van der Waals surface area contributed by atoms with E-state index >= 15 is 0 Å². The second-order valence-electron chi connectivity index (χ2n) is 4.70. The van der Waals surface area contributed by atoms with Crippen molar-refractivity contribution in [3.05, 3.63) is 64.7 Å². The van der Waals surface area contributed by atoms with Gasteiger partial charge in [0.25, 0.3) is 5.91 Å². The second-order valence-corrected chi connectivity index (χ2v) is 4.70. The third-order valence-corrected chi connectivity index (χ3v) is 3.31. The van der Waals surface area contributed by atoms with Gasteiger partial charge in [-0.15, -0.1) is 0 Å². The molecule has 104 valence electrons. The van der Waals surface area contributed by atoms with E-state index in [1.54, 1.807) is 24.4 Å². The Kier molecular flexibility index (Phi) is 4.45. The first-order valence-electron chi connectivity index (χ1n) is 6.53. The van der Waals surface area contributed by atoms with Gasteiger partial charge in [0.05, 0.1) is 0 Å². The molecule has 0 saturated carbocycles. The predicted octanol–water partition coefficient (Wildman–Crippen LogP) is 2.81. The smallest absolute Gasteiger partial charge is 0.251 e. The highest BCUT2D eigenvalue weighted by Crippen LogP contribution is 2.10. The van der Waals surface area contributed by atoms with Crippen LogP contribution in [-0.4, -0.2) is 17.4 Å². The molecule has 3 nitrogen and oxygen atoms in total. The average Bonchev–Trinajstić information content (AvgIpc) is 2.44. The van der Waals surface area contributed by atoms with Crippen molar-refractivity contribution in [2.24, 2.45) is 0 Å². The number of pyridine rings is 1. The van der Waals surface area contributed by atoms with Gasteiger partial charge in [-0.3, -0.25) is 9.78 Å². The van der Waals surface area contributed by atoms with Crippen molar-refractivity contribution in [2.75, 3.05) is 6.54 Å². The van der Waals surface area contributed by atoms with Crippen molar-refractivity contribution in [3.8, 4) is 0 Å². The Labute approximate surface area is 117 Å². The standard InChI is InChI=1S/C16H17FN2O/c1-11-12(2)18-10-8-15(11)16(20)19-9-7-13-3-5-14(17)6-4-13/h3-6,8,10H,7,9H2,1-2H3,(H,19,20). The number of aromatic nitrogens is 1. The molecule has 0 radical (unpaired) electrons. The molecule has 1 heterocycles. The fourth-order valence-corrected chi connectivity index (χ4v) is 1.95. The highest BCUT2D eigenvalue weighted by atomic mass is 19.1. The lowest BCUT2D eigenvalue weighted by Crippen LogP contribution is -2.26. The average molecular weight is 272 g/mol. The zero-order chi connectivity index (χ0) is 14.5. The van der Waals surface area contributed by atoms with Crippen LogP contribution in [0.1, 0.15) is 27.2 Å². The number of hydrogen-bond acceptors (Lipinski definition) is 2. The molecule has 4 heteroatoms. The van der Waals surface area contributed by atoms with Crippen LogP contribution in [0.25, 0.3) is 0 Å². The Bertz CT molecular complexity index is 608. The molecule has 0 saturated heterocycles. The van der Waals surface area contributed by atoms with E-state index in [0.717, 1.165) is 16.8 Å². The minimum absolute atomic E-state index is 0.102. The van der Waals surface area contributed by atoms with E-state index < -0.39 is 0 Å². The summed E-state index contributed by atoms with van der Waals surface area (Å²) in [7, 11) is 0. The minimum atomic E-state index is -0.249. The van der Waals surface area contributed by atoms with Crippen LogP contribution >= 0.6 is 0 Å². The van der Waals surface area contributed by atoms with Crippen LogP contribution in [0.3, 0.4) is 0 Å². The number of aryl methyl sites for hydroxylation is 1. The summed E-state index contributed by atoms with van der Waals surface area (Å²) in [6, 6.07) is 8.02. The number of nitrogens with one attached hydrogen (secondary N) is 1. The van der Waals surface area contributed by atoms with Crippen LogP contribution in [0.4, 0.5) is 4.39 Å². The first-order valence-corrected chi connectivity index (χ1v) is 6.53. The van der Waals surface area contributed by atoms with Crippen LogP contribution in [0.5, 0.6) is 0 Å². The molecule has 0 aliphatic carbocycles. The summed E-state index contributed by atoms with van der Waals surface area (Å²) in [6.07, 6.45) is 2.31. The molecule has 1 aromatic heterocycles. The molecule has 0 unspecified atom stereocenters. The largest absolute Gasteiger partial charge is 0.352 e. The Morgan fingerprint density at radius 3 is 2.60 bits per heavy atom. The van der Waals surface area contributed by atoms with Crippen molar-refractivity contribution in [1.82, 2.24) is 10.3 Å². The maximum Gasteiger partial charge on any atom is 0.251 e. The molecule has 0 bridgehead atoms. The Morgan fingerprint density at radius 2 is 1.90 bits per heavy atom. The van der Waals surface area contributed by atoms with Gasteiger partial charge < -0.3 is 5.32 Å². The normalized spacial score (nSPS) is 10.3. The minimum Gasteiger partial charge on any atom is -0.352 e. The number of hydrogen-bond donors (Lipinski definition) is 1. The van der Waals surface area contributed by atoms with Gasteiger partial charge in [0.2, 0.25) is 0 Å². The Morgan fingerprint density at radius 1 is 1.20 bits per heavy atom. The highest BCUT2D eigenvalue weighted by Gasteiger charge is 2.09. The van der Waals surface area contributed by atoms with Crippen molar-refractivity contribution in [2.45, 2.75) is 20.3 Å². The summed E-state index contributed by atoms with van der Waals surface area (Å²) in [6.45, 7) is 4.28. The van der Waals surface area contributed by atoms with Crippen molar-refractivity contribution in [1.29, 1.82) is 0 Å². The van der Waals surface area contributed by atoms with Gasteiger partial charge in [0.1, 0.15) is 5.82 Å². The first-order chi connectivity index (χ1) is 9.58. The van der Waals surface area contributed by atoms with Gasteiger partial charge in [-0.2, -0.15) is 0 Å². The summed E-state index contributed by atoms with van der Waals surface area (Å²) >= 11 is 0. The van der Waals surface area contributed by atoms with E-state index in [-0.39, 0.29) is 11.7 Å². The van der Waals surface area contributed by atoms with Gasteiger partial charge >= 0.3 is 0 Å². The summed E-state index contributed by atoms with van der Waals surface area (Å²) in [5.74, 6) is -0.351. The van der Waals surface area contributed by atoms with E-state index in [1.807, 2.05) is 13.8 Å². The number of carbonyl (C=O) groups is 1. The van der Waals surface area contributed by atoms with Gasteiger partial charge in [0.15, 0.2) is 0 Å². The quantitative estimate of drug-likeness (QED) is 0.930. The molecule has 1 N–H and O–H groups in total. The topological polar surface area (TPSA) is 42.0 Å². The van der Waals surface area contributed by atoms with Crippen LogP contribution in [0, 0.1) is 19.7 Å². The fourth-order valence-electron chi connectivity index (χ4n) is 1.95. The molecule has 2 rings (SSSR count). The number of nitrogens with zero attached hydrogens (tertiary/aromatic N) is 1. The zero-order valence-electron chi connectivity index (χ0n) is 11.6. The molecule has 2 aromatic rings. The van der Waals surface area contributed by atoms with Crippen LogP contribution in [0.15, 0.2) is 36.5 Å². The summed E-state index contributed by atoms with van der Waals surface area (Å²) in [5, 5.41) is 2.87. The molecule has 20 heavy (non-hydrogen) atoms. The number of halogens is 1. The lowest BCUT2D eigenvalue weighted by molar-refractivity contribution is 0.0953. The first kappa shape index (κ1) is 14.2. The lowest BCUT2D eigenvalue weighted by atomic mass is 10.1. The lowest BCUT2D eigenvalue weighted by Gasteiger charge is -2.09. The van der Waals surface area contributed by atoms with E-state index in [4.69, 9.17) is 0 Å². The van der Waals surface area contributed by atoms with Gasteiger partial charge in [-0.25, -0.2) is 4.39 Å². The fraction of sp³-hybridized carbons (Fsp3) is 0.250. The van der Waals surface area contributed by atoms with Crippen LogP contribution in [0.2, 0.25) is 0 Å². The van der Waals surface area contributed by atoms with E-state index in [0.29, 0.717) is 18.5 Å². The summed E-state index contributed by atoms with van der Waals surface area (Å²) < 4.78 is 12.8. The van der Waals surface area contributed by atoms with Crippen LogP contribution < -0.4 is 5.32 Å². The molecule has 0 spiro atoms. The maximum atomic E-state index is 12.8. The summed E-state index contributed by atoms with van der Waals surface area (Å²) in [5.41, 5.74) is 3.40. The van der Waals surface area contributed by atoms with Crippen molar-refractivity contribution in [3.63, 3.8) is 0 Å². The number of rotatable bonds is 4. The monoisotopic (exact) mass is 272 g/mol. The molecule has 1 amide bonds. The molecule has 0 aliphatic rings. The Balaban J connectivity index is 1.92. The maximum absolute atomic E-state index is 12.8. The molecule has 1 aromatic carbocycles. The highest BCUT2D eigenvalue weighted by molar-refractivity contribution is 5.95. The van der Waals surface area contributed by atoms with Crippen molar-refractivity contribution >= 4 is 5.91 Å². The number of amides is 1. The third kappa shape index (κ3) is 3.41. The van der Waals surface area contributed by atoms with E-state index in [9.17, 15) is 9.18 Å². The Hall–Kier alpha value is -2.23. The predicted molar refractivity (Wildman–Crippen MR) is 76.1 cm³/mol. The molecular formula is C16H17FN2O. The van der Waals surface area contributed by atoms with Crippen molar-refractivity contribution < 1.29 is 9.18 Å². The number of benzene rings is 1.